The van der Waals surface area contributed by atoms with Crippen molar-refractivity contribution in [2.24, 2.45) is 0 Å². The van der Waals surface area contributed by atoms with Crippen molar-refractivity contribution in [1.29, 1.82) is 0 Å². The molecule has 0 radical (unpaired) electrons. The summed E-state index contributed by atoms with van der Waals surface area (Å²) in [4.78, 5) is 12.3. The zero-order valence-electron chi connectivity index (χ0n) is 10.00. The number of rotatable bonds is 5. The molecule has 0 fully saturated rings. The van der Waals surface area contributed by atoms with Gasteiger partial charge in [0.1, 0.15) is 0 Å². The van der Waals surface area contributed by atoms with Crippen molar-refractivity contribution in [1.82, 2.24) is 5.32 Å². The number of nitrogens with two attached hydrogens (primary N) is 1. The standard InChI is InChI=1S/C12H17ClN2OS/c1-8(2)15-12(16)5-6-17-11-7-9(13)3-4-10(11)14/h3-4,7-8H,5-6,14H2,1-2H3,(H,15,16). The highest BCUT2D eigenvalue weighted by Crippen LogP contribution is 2.28. The third-order valence-electron chi connectivity index (χ3n) is 2.01. The highest BCUT2D eigenvalue weighted by atomic mass is 35.5. The van der Waals surface area contributed by atoms with Gasteiger partial charge in [0, 0.05) is 33.8 Å². The first kappa shape index (κ1) is 14.2. The van der Waals surface area contributed by atoms with Gasteiger partial charge in [-0.2, -0.15) is 0 Å². The summed E-state index contributed by atoms with van der Waals surface area (Å²) in [5.74, 6) is 0.761. The second-order valence-corrected chi connectivity index (χ2v) is 5.58. The molecule has 0 unspecified atom stereocenters. The molecule has 0 heterocycles. The number of carbonyl (C=O) groups excluding carboxylic acids is 1. The van der Waals surface area contributed by atoms with Crippen molar-refractivity contribution in [3.05, 3.63) is 23.2 Å². The average Bonchev–Trinajstić information content (AvgIpc) is 2.22. The van der Waals surface area contributed by atoms with Crippen molar-refractivity contribution in [3.8, 4) is 0 Å². The zero-order valence-corrected chi connectivity index (χ0v) is 11.6. The van der Waals surface area contributed by atoms with Gasteiger partial charge in [0.05, 0.1) is 0 Å². The van der Waals surface area contributed by atoms with E-state index in [1.165, 1.54) is 0 Å². The summed E-state index contributed by atoms with van der Waals surface area (Å²) in [6, 6.07) is 5.54. The van der Waals surface area contributed by atoms with Crippen molar-refractivity contribution in [2.45, 2.75) is 31.2 Å². The van der Waals surface area contributed by atoms with Crippen molar-refractivity contribution in [3.63, 3.8) is 0 Å². The molecule has 1 aromatic rings. The lowest BCUT2D eigenvalue weighted by Gasteiger charge is -2.08. The molecule has 1 amide bonds. The minimum atomic E-state index is 0.0631. The Morgan fingerprint density at radius 1 is 1.53 bits per heavy atom. The normalized spacial score (nSPS) is 10.6. The van der Waals surface area contributed by atoms with Crippen molar-refractivity contribution >= 4 is 35.0 Å². The molecule has 0 aliphatic heterocycles. The molecule has 5 heteroatoms. The molecule has 0 aliphatic carbocycles. The topological polar surface area (TPSA) is 55.1 Å². The fourth-order valence-corrected chi connectivity index (χ4v) is 2.47. The van der Waals surface area contributed by atoms with E-state index in [0.29, 0.717) is 22.9 Å². The Hall–Kier alpha value is -0.870. The summed E-state index contributed by atoms with van der Waals surface area (Å²) >= 11 is 7.43. The fourth-order valence-electron chi connectivity index (χ4n) is 1.28. The number of nitrogen functional groups attached to an aromatic ring is 1. The Kier molecular flexibility index (Phi) is 5.65. The third kappa shape index (κ3) is 5.33. The van der Waals surface area contributed by atoms with E-state index in [4.69, 9.17) is 17.3 Å². The number of benzene rings is 1. The third-order valence-corrected chi connectivity index (χ3v) is 3.32. The molecule has 0 atom stereocenters. The Bertz CT molecular complexity index is 396. The van der Waals surface area contributed by atoms with Crippen LogP contribution in [0.3, 0.4) is 0 Å². The van der Waals surface area contributed by atoms with Crippen LogP contribution in [0.1, 0.15) is 20.3 Å². The minimum Gasteiger partial charge on any atom is -0.398 e. The molecule has 3 nitrogen and oxygen atoms in total. The molecular formula is C12H17ClN2OS. The first-order valence-corrected chi connectivity index (χ1v) is 6.82. The smallest absolute Gasteiger partial charge is 0.221 e. The van der Waals surface area contributed by atoms with Gasteiger partial charge in [0.15, 0.2) is 0 Å². The molecule has 3 N–H and O–H groups in total. The number of carbonyl (C=O) groups is 1. The molecule has 0 saturated carbocycles. The van der Waals surface area contributed by atoms with E-state index in [2.05, 4.69) is 5.32 Å². The predicted octanol–water partition coefficient (Wildman–Crippen LogP) is 2.93. The number of nitrogens with one attached hydrogen (secondary N) is 1. The summed E-state index contributed by atoms with van der Waals surface area (Å²) in [7, 11) is 0. The maximum absolute atomic E-state index is 11.4. The number of anilines is 1. The molecule has 0 bridgehead atoms. The largest absolute Gasteiger partial charge is 0.398 e. The quantitative estimate of drug-likeness (QED) is 0.640. The highest BCUT2D eigenvalue weighted by molar-refractivity contribution is 7.99. The van der Waals surface area contributed by atoms with Gasteiger partial charge in [0.2, 0.25) is 5.91 Å². The number of halogens is 1. The lowest BCUT2D eigenvalue weighted by molar-refractivity contribution is -0.121. The molecule has 17 heavy (non-hydrogen) atoms. The Labute approximate surface area is 111 Å². The number of hydrogen-bond acceptors (Lipinski definition) is 3. The van der Waals surface area contributed by atoms with E-state index in [0.717, 1.165) is 4.90 Å². The molecular weight excluding hydrogens is 256 g/mol. The van der Waals surface area contributed by atoms with Gasteiger partial charge in [-0.15, -0.1) is 11.8 Å². The lowest BCUT2D eigenvalue weighted by Crippen LogP contribution is -2.30. The maximum Gasteiger partial charge on any atom is 0.221 e. The second-order valence-electron chi connectivity index (χ2n) is 4.00. The SMILES string of the molecule is CC(C)NC(=O)CCSc1cc(Cl)ccc1N. The predicted molar refractivity (Wildman–Crippen MR) is 74.5 cm³/mol. The zero-order chi connectivity index (χ0) is 12.8. The van der Waals surface area contributed by atoms with Gasteiger partial charge in [-0.05, 0) is 32.0 Å². The molecule has 1 rings (SSSR count). The van der Waals surface area contributed by atoms with Crippen LogP contribution in [0.15, 0.2) is 23.1 Å². The van der Waals surface area contributed by atoms with Gasteiger partial charge in [0.25, 0.3) is 0 Å². The van der Waals surface area contributed by atoms with Crippen LogP contribution in [0.25, 0.3) is 0 Å². The van der Waals surface area contributed by atoms with Crippen LogP contribution in [0, 0.1) is 0 Å². The summed E-state index contributed by atoms with van der Waals surface area (Å²) in [6.45, 7) is 3.89. The van der Waals surface area contributed by atoms with Crippen LogP contribution in [0.2, 0.25) is 5.02 Å². The summed E-state index contributed by atoms with van der Waals surface area (Å²) in [5.41, 5.74) is 6.50. The molecule has 0 saturated heterocycles. The van der Waals surface area contributed by atoms with Gasteiger partial charge < -0.3 is 11.1 Å². The van der Waals surface area contributed by atoms with Crippen LogP contribution >= 0.6 is 23.4 Å². The fraction of sp³-hybridized carbons (Fsp3) is 0.417. The molecule has 1 aromatic carbocycles. The average molecular weight is 273 g/mol. The molecule has 0 aromatic heterocycles. The second kappa shape index (κ2) is 6.77. The summed E-state index contributed by atoms with van der Waals surface area (Å²) in [5, 5.41) is 3.51. The molecule has 0 spiro atoms. The Morgan fingerprint density at radius 2 is 2.24 bits per heavy atom. The van der Waals surface area contributed by atoms with E-state index >= 15 is 0 Å². The van der Waals surface area contributed by atoms with Crippen LogP contribution < -0.4 is 11.1 Å². The Morgan fingerprint density at radius 3 is 2.88 bits per heavy atom. The minimum absolute atomic E-state index is 0.0631. The number of hydrogen-bond donors (Lipinski definition) is 2. The van der Waals surface area contributed by atoms with Gasteiger partial charge in [-0.25, -0.2) is 0 Å². The highest BCUT2D eigenvalue weighted by Gasteiger charge is 2.05. The van der Waals surface area contributed by atoms with E-state index < -0.39 is 0 Å². The van der Waals surface area contributed by atoms with Gasteiger partial charge in [-0.1, -0.05) is 11.6 Å². The molecule has 0 aliphatic rings. The van der Waals surface area contributed by atoms with Gasteiger partial charge in [-0.3, -0.25) is 4.79 Å². The maximum atomic E-state index is 11.4. The molecule has 94 valence electrons. The van der Waals surface area contributed by atoms with Crippen molar-refractivity contribution in [2.75, 3.05) is 11.5 Å². The first-order chi connectivity index (χ1) is 7.99. The summed E-state index contributed by atoms with van der Waals surface area (Å²) in [6.07, 6.45) is 0.481. The van der Waals surface area contributed by atoms with E-state index in [1.807, 2.05) is 19.9 Å². The summed E-state index contributed by atoms with van der Waals surface area (Å²) < 4.78 is 0. The van der Waals surface area contributed by atoms with Crippen LogP contribution in [0.5, 0.6) is 0 Å². The van der Waals surface area contributed by atoms with E-state index in [9.17, 15) is 4.79 Å². The van der Waals surface area contributed by atoms with Crippen LogP contribution in [0.4, 0.5) is 5.69 Å². The van der Waals surface area contributed by atoms with Crippen LogP contribution in [-0.2, 0) is 4.79 Å². The number of thioether (sulfide) groups is 1. The Balaban J connectivity index is 2.40. The lowest BCUT2D eigenvalue weighted by atomic mass is 10.3. The monoisotopic (exact) mass is 272 g/mol. The van der Waals surface area contributed by atoms with Crippen molar-refractivity contribution < 1.29 is 4.79 Å². The number of amides is 1. The van der Waals surface area contributed by atoms with E-state index in [-0.39, 0.29) is 11.9 Å². The van der Waals surface area contributed by atoms with Crippen LogP contribution in [-0.4, -0.2) is 17.7 Å². The van der Waals surface area contributed by atoms with E-state index in [1.54, 1.807) is 23.9 Å². The first-order valence-electron chi connectivity index (χ1n) is 5.46. The van der Waals surface area contributed by atoms with Gasteiger partial charge >= 0.3 is 0 Å².